The Labute approximate surface area is 107 Å². The summed E-state index contributed by atoms with van der Waals surface area (Å²) in [7, 11) is 1.99. The van der Waals surface area contributed by atoms with Gasteiger partial charge in [0.25, 0.3) is 0 Å². The molecule has 0 aliphatic carbocycles. The van der Waals surface area contributed by atoms with Gasteiger partial charge in [0.1, 0.15) is 5.82 Å². The van der Waals surface area contributed by atoms with E-state index in [-0.39, 0.29) is 5.41 Å². The number of halogens is 1. The van der Waals surface area contributed by atoms with Crippen molar-refractivity contribution in [3.05, 3.63) is 28.5 Å². The van der Waals surface area contributed by atoms with Crippen LogP contribution in [0.15, 0.2) is 12.1 Å². The number of imidazole rings is 1. The van der Waals surface area contributed by atoms with Crippen molar-refractivity contribution in [2.45, 2.75) is 26.2 Å². The number of hydrogen-bond donors (Lipinski definition) is 1. The van der Waals surface area contributed by atoms with Gasteiger partial charge in [-0.05, 0) is 24.6 Å². The largest absolute Gasteiger partial charge is 0.329 e. The lowest BCUT2D eigenvalue weighted by molar-refractivity contribution is 0.487. The Balaban J connectivity index is 2.78. The van der Waals surface area contributed by atoms with E-state index in [0.717, 1.165) is 27.4 Å². The summed E-state index contributed by atoms with van der Waals surface area (Å²) in [4.78, 5) is 4.67. The van der Waals surface area contributed by atoms with Crippen LogP contribution in [0.1, 0.15) is 25.2 Å². The minimum Gasteiger partial charge on any atom is -0.329 e. The van der Waals surface area contributed by atoms with Crippen LogP contribution in [0.25, 0.3) is 11.0 Å². The first-order chi connectivity index (χ1) is 7.86. The average Bonchev–Trinajstić information content (AvgIpc) is 2.56. The quantitative estimate of drug-likeness (QED) is 0.892. The van der Waals surface area contributed by atoms with Crippen LogP contribution in [0.3, 0.4) is 0 Å². The number of rotatable bonds is 2. The molecule has 2 aromatic rings. The van der Waals surface area contributed by atoms with Crippen LogP contribution < -0.4 is 5.73 Å². The fourth-order valence-electron chi connectivity index (χ4n) is 2.13. The number of nitrogens with zero attached hydrogens (tertiary/aromatic N) is 2. The number of aromatic nitrogens is 2. The lowest BCUT2D eigenvalue weighted by Crippen LogP contribution is -2.31. The molecule has 17 heavy (non-hydrogen) atoms. The van der Waals surface area contributed by atoms with Crippen molar-refractivity contribution >= 4 is 22.6 Å². The molecule has 0 spiro atoms. The first-order valence-electron chi connectivity index (χ1n) is 5.70. The third kappa shape index (κ3) is 1.94. The number of fused-ring (bicyclic) bond motifs is 1. The summed E-state index contributed by atoms with van der Waals surface area (Å²) in [5.41, 5.74) is 8.71. The van der Waals surface area contributed by atoms with Crippen molar-refractivity contribution in [2.75, 3.05) is 6.54 Å². The second kappa shape index (κ2) is 4.00. The molecule has 0 saturated heterocycles. The lowest BCUT2D eigenvalue weighted by atomic mass is 9.93. The van der Waals surface area contributed by atoms with Gasteiger partial charge in [0.05, 0.1) is 16.1 Å². The van der Waals surface area contributed by atoms with Crippen molar-refractivity contribution in [3.8, 4) is 0 Å². The summed E-state index contributed by atoms with van der Waals surface area (Å²) < 4.78 is 2.05. The summed E-state index contributed by atoms with van der Waals surface area (Å²) in [5, 5.41) is 0.745. The van der Waals surface area contributed by atoms with Crippen molar-refractivity contribution < 1.29 is 0 Å². The Morgan fingerprint density at radius 1 is 1.41 bits per heavy atom. The normalized spacial score (nSPS) is 12.4. The fraction of sp³-hybridized carbons (Fsp3) is 0.462. The van der Waals surface area contributed by atoms with E-state index < -0.39 is 0 Å². The van der Waals surface area contributed by atoms with E-state index in [4.69, 9.17) is 17.3 Å². The summed E-state index contributed by atoms with van der Waals surface area (Å²) in [5.74, 6) is 0.975. The maximum Gasteiger partial charge on any atom is 0.116 e. The van der Waals surface area contributed by atoms with Gasteiger partial charge in [-0.25, -0.2) is 4.98 Å². The molecule has 2 N–H and O–H groups in total. The molecule has 0 amide bonds. The van der Waals surface area contributed by atoms with E-state index in [9.17, 15) is 0 Å². The van der Waals surface area contributed by atoms with Gasteiger partial charge in [-0.15, -0.1) is 0 Å². The highest BCUT2D eigenvalue weighted by molar-refractivity contribution is 6.35. The first kappa shape index (κ1) is 12.4. The van der Waals surface area contributed by atoms with Crippen LogP contribution in [0, 0.1) is 6.92 Å². The molecule has 3 nitrogen and oxygen atoms in total. The second-order valence-corrected chi connectivity index (χ2v) is 5.60. The van der Waals surface area contributed by atoms with Crippen LogP contribution in [0.4, 0.5) is 0 Å². The average molecular weight is 252 g/mol. The predicted octanol–water partition coefficient (Wildman–Crippen LogP) is 2.77. The van der Waals surface area contributed by atoms with E-state index in [0.29, 0.717) is 6.54 Å². The molecule has 2 rings (SSSR count). The van der Waals surface area contributed by atoms with Gasteiger partial charge in [-0.3, -0.25) is 0 Å². The van der Waals surface area contributed by atoms with Crippen molar-refractivity contribution in [2.24, 2.45) is 12.8 Å². The highest BCUT2D eigenvalue weighted by Crippen LogP contribution is 2.30. The minimum atomic E-state index is -0.148. The molecular weight excluding hydrogens is 234 g/mol. The lowest BCUT2D eigenvalue weighted by Gasteiger charge is -2.21. The topological polar surface area (TPSA) is 43.8 Å². The molecule has 1 aromatic heterocycles. The van der Waals surface area contributed by atoms with Gasteiger partial charge in [-0.1, -0.05) is 25.4 Å². The first-order valence-corrected chi connectivity index (χ1v) is 6.08. The van der Waals surface area contributed by atoms with Crippen molar-refractivity contribution in [3.63, 3.8) is 0 Å². The minimum absolute atomic E-state index is 0.148. The molecule has 1 aromatic carbocycles. The van der Waals surface area contributed by atoms with Gasteiger partial charge in [-0.2, -0.15) is 0 Å². The number of nitrogens with two attached hydrogens (primary N) is 1. The van der Waals surface area contributed by atoms with E-state index in [1.165, 1.54) is 0 Å². The highest BCUT2D eigenvalue weighted by atomic mass is 35.5. The molecule has 0 saturated carbocycles. The maximum absolute atomic E-state index is 6.28. The smallest absolute Gasteiger partial charge is 0.116 e. The zero-order chi connectivity index (χ0) is 12.8. The molecule has 0 unspecified atom stereocenters. The Morgan fingerprint density at radius 3 is 2.65 bits per heavy atom. The van der Waals surface area contributed by atoms with Crippen LogP contribution >= 0.6 is 11.6 Å². The van der Waals surface area contributed by atoms with Crippen LogP contribution in [0.5, 0.6) is 0 Å². The zero-order valence-electron chi connectivity index (χ0n) is 10.7. The monoisotopic (exact) mass is 251 g/mol. The summed E-state index contributed by atoms with van der Waals surface area (Å²) in [6, 6.07) is 4.02. The molecule has 0 radical (unpaired) electrons. The third-order valence-electron chi connectivity index (χ3n) is 3.18. The fourth-order valence-corrected chi connectivity index (χ4v) is 2.52. The number of aryl methyl sites for hydroxylation is 2. The summed E-state index contributed by atoms with van der Waals surface area (Å²) in [6.45, 7) is 6.76. The number of hydrogen-bond acceptors (Lipinski definition) is 2. The van der Waals surface area contributed by atoms with E-state index in [1.54, 1.807) is 0 Å². The van der Waals surface area contributed by atoms with Crippen LogP contribution in [0.2, 0.25) is 5.02 Å². The van der Waals surface area contributed by atoms with Gasteiger partial charge in [0.2, 0.25) is 0 Å². The van der Waals surface area contributed by atoms with E-state index in [2.05, 4.69) is 24.9 Å². The van der Waals surface area contributed by atoms with Gasteiger partial charge in [0.15, 0.2) is 0 Å². The molecule has 92 valence electrons. The number of benzene rings is 1. The van der Waals surface area contributed by atoms with Gasteiger partial charge >= 0.3 is 0 Å². The Morgan fingerprint density at radius 2 is 2.06 bits per heavy atom. The molecule has 0 aliphatic rings. The Kier molecular flexibility index (Phi) is 2.92. The highest BCUT2D eigenvalue weighted by Gasteiger charge is 2.25. The Bertz CT molecular complexity index is 570. The molecule has 0 fully saturated rings. The molecule has 0 bridgehead atoms. The zero-order valence-corrected chi connectivity index (χ0v) is 11.5. The molecular formula is C13H18ClN3. The summed E-state index contributed by atoms with van der Waals surface area (Å²) in [6.07, 6.45) is 0. The second-order valence-electron chi connectivity index (χ2n) is 5.20. The van der Waals surface area contributed by atoms with Crippen molar-refractivity contribution in [1.29, 1.82) is 0 Å². The predicted molar refractivity (Wildman–Crippen MR) is 72.5 cm³/mol. The van der Waals surface area contributed by atoms with E-state index >= 15 is 0 Å². The molecule has 0 atom stereocenters. The molecule has 0 aliphatic heterocycles. The Hall–Kier alpha value is -1.06. The SMILES string of the molecule is Cc1cc(Cl)c2c(c1)nc(C(C)(C)CN)n2C. The third-order valence-corrected chi connectivity index (χ3v) is 3.47. The van der Waals surface area contributed by atoms with Gasteiger partial charge in [0, 0.05) is 19.0 Å². The summed E-state index contributed by atoms with van der Waals surface area (Å²) >= 11 is 6.28. The van der Waals surface area contributed by atoms with Crippen molar-refractivity contribution in [1.82, 2.24) is 9.55 Å². The van der Waals surface area contributed by atoms with Crippen LogP contribution in [-0.2, 0) is 12.5 Å². The molecule has 4 heteroatoms. The van der Waals surface area contributed by atoms with Crippen LogP contribution in [-0.4, -0.2) is 16.1 Å². The molecule has 1 heterocycles. The maximum atomic E-state index is 6.28. The van der Waals surface area contributed by atoms with Gasteiger partial charge < -0.3 is 10.3 Å². The standard InChI is InChI=1S/C13H18ClN3/c1-8-5-9(14)11-10(6-8)16-12(17(11)4)13(2,3)7-15/h5-6H,7,15H2,1-4H3. The van der Waals surface area contributed by atoms with E-state index in [1.807, 2.05) is 24.6 Å².